The maximum absolute atomic E-state index is 5.33. The van der Waals surface area contributed by atoms with Gasteiger partial charge in [0.2, 0.25) is 0 Å². The second-order valence-corrected chi connectivity index (χ2v) is 7.04. The molecule has 31 heavy (non-hydrogen) atoms. The van der Waals surface area contributed by atoms with E-state index >= 15 is 0 Å². The Morgan fingerprint density at radius 2 is 1.65 bits per heavy atom. The smallest absolute Gasteiger partial charge is 0.191 e. The van der Waals surface area contributed by atoms with E-state index in [2.05, 4.69) is 15.8 Å². The van der Waals surface area contributed by atoms with Crippen LogP contribution in [0, 0.1) is 0 Å². The summed E-state index contributed by atoms with van der Waals surface area (Å²) in [6.45, 7) is 0. The molecule has 1 aromatic heterocycles. The third kappa shape index (κ3) is 5.15. The van der Waals surface area contributed by atoms with E-state index < -0.39 is 0 Å². The largest absolute Gasteiger partial charge is 0.497 e. The summed E-state index contributed by atoms with van der Waals surface area (Å²) in [5, 5.41) is 12.6. The highest BCUT2D eigenvalue weighted by Crippen LogP contribution is 2.22. The Balaban J connectivity index is 1.51. The van der Waals surface area contributed by atoms with Crippen LogP contribution in [0.2, 0.25) is 0 Å². The van der Waals surface area contributed by atoms with Crippen molar-refractivity contribution in [1.29, 1.82) is 0 Å². The average Bonchev–Trinajstić information content (AvgIpc) is 3.25. The van der Waals surface area contributed by atoms with Gasteiger partial charge in [-0.25, -0.2) is 4.68 Å². The van der Waals surface area contributed by atoms with Crippen molar-refractivity contribution in [3.05, 3.63) is 96.7 Å². The third-order valence-electron chi connectivity index (χ3n) is 4.53. The van der Waals surface area contributed by atoms with Gasteiger partial charge in [0.1, 0.15) is 11.4 Å². The van der Waals surface area contributed by atoms with Crippen LogP contribution in [-0.2, 0) is 0 Å². The number of aromatic nitrogens is 2. The summed E-state index contributed by atoms with van der Waals surface area (Å²) in [6.07, 6.45) is 3.67. The zero-order valence-corrected chi connectivity index (χ0v) is 17.7. The van der Waals surface area contributed by atoms with Gasteiger partial charge in [-0.15, -0.1) is 0 Å². The van der Waals surface area contributed by atoms with Crippen molar-refractivity contribution in [2.75, 3.05) is 12.4 Å². The van der Waals surface area contributed by atoms with Crippen molar-refractivity contribution in [3.63, 3.8) is 0 Å². The normalized spacial score (nSPS) is 10.7. The molecular weight excluding hydrogens is 406 g/mol. The van der Waals surface area contributed by atoms with E-state index in [1.165, 1.54) is 0 Å². The van der Waals surface area contributed by atoms with Crippen LogP contribution in [0.15, 0.2) is 96.2 Å². The predicted octanol–water partition coefficient (Wildman–Crippen LogP) is 4.87. The Hall–Kier alpha value is -3.97. The van der Waals surface area contributed by atoms with Crippen molar-refractivity contribution in [2.45, 2.75) is 0 Å². The van der Waals surface area contributed by atoms with Gasteiger partial charge in [0.15, 0.2) is 5.11 Å². The minimum absolute atomic E-state index is 0.387. The first kappa shape index (κ1) is 20.3. The molecule has 0 aliphatic rings. The van der Waals surface area contributed by atoms with Gasteiger partial charge in [-0.3, -0.25) is 5.43 Å². The Morgan fingerprint density at radius 3 is 2.32 bits per heavy atom. The van der Waals surface area contributed by atoms with Crippen LogP contribution >= 0.6 is 12.2 Å². The molecule has 0 saturated heterocycles. The summed E-state index contributed by atoms with van der Waals surface area (Å²) in [5.74, 6) is 0.784. The molecule has 0 radical (unpaired) electrons. The zero-order chi connectivity index (χ0) is 21.5. The van der Waals surface area contributed by atoms with E-state index in [4.69, 9.17) is 22.1 Å². The van der Waals surface area contributed by atoms with Crippen molar-refractivity contribution in [3.8, 4) is 22.7 Å². The number of nitrogens with zero attached hydrogens (tertiary/aromatic N) is 3. The fourth-order valence-corrected chi connectivity index (χ4v) is 3.18. The highest BCUT2D eigenvalue weighted by Gasteiger charge is 2.10. The number of benzene rings is 3. The summed E-state index contributed by atoms with van der Waals surface area (Å²) in [4.78, 5) is 0. The van der Waals surface area contributed by atoms with Gasteiger partial charge in [-0.05, 0) is 48.6 Å². The van der Waals surface area contributed by atoms with Crippen LogP contribution in [0.25, 0.3) is 16.9 Å². The lowest BCUT2D eigenvalue weighted by Crippen LogP contribution is -2.23. The van der Waals surface area contributed by atoms with Crippen LogP contribution in [0.5, 0.6) is 5.75 Å². The third-order valence-corrected chi connectivity index (χ3v) is 4.72. The van der Waals surface area contributed by atoms with Crippen molar-refractivity contribution < 1.29 is 4.74 Å². The highest BCUT2D eigenvalue weighted by atomic mass is 32.1. The van der Waals surface area contributed by atoms with Crippen LogP contribution in [0.1, 0.15) is 5.56 Å². The lowest BCUT2D eigenvalue weighted by atomic mass is 10.1. The van der Waals surface area contributed by atoms with Crippen molar-refractivity contribution in [1.82, 2.24) is 15.2 Å². The van der Waals surface area contributed by atoms with Gasteiger partial charge in [-0.2, -0.15) is 10.2 Å². The molecule has 4 aromatic rings. The monoisotopic (exact) mass is 427 g/mol. The van der Waals surface area contributed by atoms with Crippen LogP contribution in [-0.4, -0.2) is 28.2 Å². The molecule has 0 saturated carbocycles. The first-order valence-electron chi connectivity index (χ1n) is 9.67. The van der Waals surface area contributed by atoms with Crippen molar-refractivity contribution >= 4 is 29.2 Å². The standard InChI is InChI=1S/C24H21N5OS/c1-30-22-14-12-20(13-15-22)26-24(31)27-25-16-19-17-29(21-10-6-3-7-11-21)28-23(19)18-8-4-2-5-9-18/h2-17H,1H3,(H2,26,27,31)/b25-16-. The fraction of sp³-hybridized carbons (Fsp3) is 0.0417. The minimum Gasteiger partial charge on any atom is -0.497 e. The second kappa shape index (κ2) is 9.69. The van der Waals surface area contributed by atoms with E-state index in [1.807, 2.05) is 95.8 Å². The molecule has 0 fully saturated rings. The lowest BCUT2D eigenvalue weighted by Gasteiger charge is -2.07. The van der Waals surface area contributed by atoms with E-state index in [1.54, 1.807) is 13.3 Å². The van der Waals surface area contributed by atoms with E-state index in [9.17, 15) is 0 Å². The topological polar surface area (TPSA) is 63.5 Å². The molecular formula is C24H21N5OS. The zero-order valence-electron chi connectivity index (χ0n) is 16.9. The van der Waals surface area contributed by atoms with Gasteiger partial charge in [0, 0.05) is 23.0 Å². The molecule has 2 N–H and O–H groups in total. The number of hydrogen-bond donors (Lipinski definition) is 2. The van der Waals surface area contributed by atoms with Crippen molar-refractivity contribution in [2.24, 2.45) is 5.10 Å². The number of hydrazone groups is 1. The molecule has 0 unspecified atom stereocenters. The molecule has 0 aliphatic heterocycles. The number of methoxy groups -OCH3 is 1. The summed E-state index contributed by atoms with van der Waals surface area (Å²) < 4.78 is 7.01. The van der Waals surface area contributed by atoms with Crippen LogP contribution < -0.4 is 15.5 Å². The number of rotatable bonds is 6. The molecule has 0 atom stereocenters. The number of anilines is 1. The Bertz CT molecular complexity index is 1170. The Kier molecular flexibility index (Phi) is 6.35. The van der Waals surface area contributed by atoms with E-state index in [0.717, 1.165) is 33.9 Å². The van der Waals surface area contributed by atoms with Gasteiger partial charge in [0.25, 0.3) is 0 Å². The molecule has 7 heteroatoms. The molecule has 154 valence electrons. The molecule has 0 aliphatic carbocycles. The van der Waals surface area contributed by atoms with Gasteiger partial charge < -0.3 is 10.1 Å². The minimum atomic E-state index is 0.387. The predicted molar refractivity (Wildman–Crippen MR) is 129 cm³/mol. The summed E-state index contributed by atoms with van der Waals surface area (Å²) in [6, 6.07) is 27.5. The van der Waals surface area contributed by atoms with Crippen LogP contribution in [0.3, 0.4) is 0 Å². The molecule has 0 amide bonds. The fourth-order valence-electron chi connectivity index (χ4n) is 3.01. The second-order valence-electron chi connectivity index (χ2n) is 6.63. The number of nitrogens with one attached hydrogen (secondary N) is 2. The highest BCUT2D eigenvalue weighted by molar-refractivity contribution is 7.80. The molecule has 3 aromatic carbocycles. The number of thiocarbonyl (C=S) groups is 1. The molecule has 6 nitrogen and oxygen atoms in total. The Morgan fingerprint density at radius 1 is 0.968 bits per heavy atom. The quantitative estimate of drug-likeness (QED) is 0.261. The maximum Gasteiger partial charge on any atom is 0.191 e. The van der Waals surface area contributed by atoms with Crippen LogP contribution in [0.4, 0.5) is 5.69 Å². The van der Waals surface area contributed by atoms with Gasteiger partial charge in [0.05, 0.1) is 19.0 Å². The number of ether oxygens (including phenoxy) is 1. The van der Waals surface area contributed by atoms with Gasteiger partial charge >= 0.3 is 0 Å². The summed E-state index contributed by atoms with van der Waals surface area (Å²) in [7, 11) is 1.63. The van der Waals surface area contributed by atoms with E-state index in [0.29, 0.717) is 5.11 Å². The molecule has 1 heterocycles. The van der Waals surface area contributed by atoms with Gasteiger partial charge in [-0.1, -0.05) is 48.5 Å². The Labute approximate surface area is 186 Å². The SMILES string of the molecule is COc1ccc(NC(=S)N/N=C\c2cn(-c3ccccc3)nc2-c2ccccc2)cc1. The summed E-state index contributed by atoms with van der Waals surface area (Å²) in [5.41, 5.74) is 7.40. The summed E-state index contributed by atoms with van der Waals surface area (Å²) >= 11 is 5.33. The average molecular weight is 428 g/mol. The number of para-hydroxylation sites is 1. The first-order chi connectivity index (χ1) is 15.2. The maximum atomic E-state index is 5.33. The molecule has 4 rings (SSSR count). The van der Waals surface area contributed by atoms with E-state index in [-0.39, 0.29) is 0 Å². The number of hydrogen-bond acceptors (Lipinski definition) is 4. The first-order valence-corrected chi connectivity index (χ1v) is 10.1. The lowest BCUT2D eigenvalue weighted by molar-refractivity contribution is 0.415. The molecule has 0 spiro atoms. The molecule has 0 bridgehead atoms.